The third-order valence-electron chi connectivity index (χ3n) is 4.63. The van der Waals surface area contributed by atoms with Gasteiger partial charge in [0.2, 0.25) is 0 Å². The summed E-state index contributed by atoms with van der Waals surface area (Å²) in [5.41, 5.74) is 2.01. The van der Waals surface area contributed by atoms with Crippen molar-refractivity contribution in [1.29, 1.82) is 0 Å². The maximum Gasteiger partial charge on any atom is 0.416 e. The van der Waals surface area contributed by atoms with E-state index in [0.29, 0.717) is 18.5 Å². The van der Waals surface area contributed by atoms with Gasteiger partial charge in [0.25, 0.3) is 0 Å². The molecule has 0 fully saturated rings. The first kappa shape index (κ1) is 20.0. The van der Waals surface area contributed by atoms with Crippen LogP contribution in [0.25, 0.3) is 0 Å². The number of amides is 2. The number of urea groups is 1. The number of aryl methyl sites for hydroxylation is 1. The summed E-state index contributed by atoms with van der Waals surface area (Å²) in [5.74, 6) is 0. The molecular formula is C20H22F3N3O2. The van der Waals surface area contributed by atoms with E-state index in [4.69, 9.17) is 0 Å². The number of carbonyl (C=O) groups excluding carboxylic acids is 1. The Morgan fingerprint density at radius 3 is 2.32 bits per heavy atom. The van der Waals surface area contributed by atoms with Crippen LogP contribution < -0.4 is 15.5 Å². The Morgan fingerprint density at radius 1 is 1.11 bits per heavy atom. The van der Waals surface area contributed by atoms with Crippen LogP contribution in [0.4, 0.5) is 35.0 Å². The first-order valence-electron chi connectivity index (χ1n) is 9.00. The molecule has 0 aromatic heterocycles. The van der Waals surface area contributed by atoms with Crippen molar-refractivity contribution in [3.8, 4) is 0 Å². The predicted octanol–water partition coefficient (Wildman–Crippen LogP) is 4.83. The minimum atomic E-state index is -4.42. The average Bonchev–Trinajstić information content (AvgIpc) is 2.61. The van der Waals surface area contributed by atoms with Crippen LogP contribution in [0.2, 0.25) is 0 Å². The number of anilines is 3. The smallest absolute Gasteiger partial charge is 0.374 e. The van der Waals surface area contributed by atoms with Crippen molar-refractivity contribution in [3.63, 3.8) is 0 Å². The summed E-state index contributed by atoms with van der Waals surface area (Å²) in [7, 11) is 0. The van der Waals surface area contributed by atoms with Gasteiger partial charge in [-0.05, 0) is 74.7 Å². The van der Waals surface area contributed by atoms with Crippen LogP contribution in [0.3, 0.4) is 0 Å². The monoisotopic (exact) mass is 393 g/mol. The maximum absolute atomic E-state index is 12.6. The quantitative estimate of drug-likeness (QED) is 0.700. The molecule has 1 aliphatic heterocycles. The molecule has 0 spiro atoms. The zero-order valence-corrected chi connectivity index (χ0v) is 15.5. The molecule has 5 nitrogen and oxygen atoms in total. The number of nitrogens with one attached hydrogen (secondary N) is 2. The minimum Gasteiger partial charge on any atom is -0.374 e. The topological polar surface area (TPSA) is 64.6 Å². The fraction of sp³-hybridized carbons (Fsp3) is 0.350. The molecule has 3 rings (SSSR count). The molecule has 1 heterocycles. The lowest BCUT2D eigenvalue weighted by Gasteiger charge is -2.39. The van der Waals surface area contributed by atoms with Gasteiger partial charge >= 0.3 is 12.2 Å². The molecule has 28 heavy (non-hydrogen) atoms. The van der Waals surface area contributed by atoms with E-state index < -0.39 is 24.0 Å². The summed E-state index contributed by atoms with van der Waals surface area (Å²) in [6, 6.07) is 9.27. The van der Waals surface area contributed by atoms with E-state index in [9.17, 15) is 23.1 Å². The number of fused-ring (bicyclic) bond motifs is 1. The highest BCUT2D eigenvalue weighted by atomic mass is 19.4. The van der Waals surface area contributed by atoms with Gasteiger partial charge < -0.3 is 20.6 Å². The minimum absolute atomic E-state index is 0.135. The molecule has 150 valence electrons. The van der Waals surface area contributed by atoms with Crippen molar-refractivity contribution in [2.45, 2.75) is 45.1 Å². The molecule has 3 N–H and O–H groups in total. The van der Waals surface area contributed by atoms with Gasteiger partial charge in [-0.1, -0.05) is 0 Å². The predicted molar refractivity (Wildman–Crippen MR) is 102 cm³/mol. The summed E-state index contributed by atoms with van der Waals surface area (Å²) in [6.45, 7) is 4.00. The standard InChI is InChI=1S/C20H22F3N3O2/c1-12(2)26-17-9-8-16(11-13(17)3-10-18(26)27)25-19(28)24-15-6-4-14(5-7-15)20(21,22)23/h4-9,11-12,18,27H,3,10H2,1-2H3,(H2,24,25,28). The Balaban J connectivity index is 1.68. The molecular weight excluding hydrogens is 371 g/mol. The van der Waals surface area contributed by atoms with Gasteiger partial charge in [-0.3, -0.25) is 0 Å². The van der Waals surface area contributed by atoms with Gasteiger partial charge in [0.05, 0.1) is 5.56 Å². The SMILES string of the molecule is CC(C)N1c2ccc(NC(=O)Nc3ccc(C(F)(F)F)cc3)cc2CCC1O. The van der Waals surface area contributed by atoms with Gasteiger partial charge in [0.1, 0.15) is 6.23 Å². The first-order valence-corrected chi connectivity index (χ1v) is 9.00. The molecule has 1 aliphatic rings. The lowest BCUT2D eigenvalue weighted by Crippen LogP contribution is -2.43. The van der Waals surface area contributed by atoms with Crippen molar-refractivity contribution >= 4 is 23.1 Å². The Labute approximate surface area is 161 Å². The van der Waals surface area contributed by atoms with E-state index in [2.05, 4.69) is 10.6 Å². The molecule has 2 amide bonds. The number of rotatable bonds is 3. The highest BCUT2D eigenvalue weighted by Crippen LogP contribution is 2.33. The van der Waals surface area contributed by atoms with Gasteiger partial charge in [0.15, 0.2) is 0 Å². The van der Waals surface area contributed by atoms with E-state index in [1.54, 1.807) is 6.07 Å². The lowest BCUT2D eigenvalue weighted by molar-refractivity contribution is -0.137. The summed E-state index contributed by atoms with van der Waals surface area (Å²) in [6.07, 6.45) is -3.65. The highest BCUT2D eigenvalue weighted by molar-refractivity contribution is 6.00. The highest BCUT2D eigenvalue weighted by Gasteiger charge is 2.30. The van der Waals surface area contributed by atoms with E-state index >= 15 is 0 Å². The maximum atomic E-state index is 12.6. The second-order valence-electron chi connectivity index (χ2n) is 7.02. The molecule has 0 bridgehead atoms. The van der Waals surface area contributed by atoms with Gasteiger partial charge in [-0.25, -0.2) is 4.79 Å². The lowest BCUT2D eigenvalue weighted by atomic mass is 9.98. The van der Waals surface area contributed by atoms with Crippen molar-refractivity contribution in [3.05, 3.63) is 53.6 Å². The number of halogens is 3. The van der Waals surface area contributed by atoms with Crippen LogP contribution in [0.1, 0.15) is 31.4 Å². The number of nitrogens with zero attached hydrogens (tertiary/aromatic N) is 1. The summed E-state index contributed by atoms with van der Waals surface area (Å²) < 4.78 is 37.8. The zero-order valence-electron chi connectivity index (χ0n) is 15.5. The molecule has 1 atom stereocenters. The molecule has 2 aromatic rings. The second-order valence-corrected chi connectivity index (χ2v) is 7.02. The largest absolute Gasteiger partial charge is 0.416 e. The Hall–Kier alpha value is -2.74. The molecule has 2 aromatic carbocycles. The Kier molecular flexibility index (Phi) is 5.51. The van der Waals surface area contributed by atoms with E-state index in [1.807, 2.05) is 30.9 Å². The number of aliphatic hydroxyl groups is 1. The van der Waals surface area contributed by atoms with E-state index in [1.165, 1.54) is 12.1 Å². The molecule has 0 aliphatic carbocycles. The Morgan fingerprint density at radius 2 is 1.71 bits per heavy atom. The second kappa shape index (κ2) is 7.71. The van der Waals surface area contributed by atoms with Crippen molar-refractivity contribution in [2.24, 2.45) is 0 Å². The number of benzene rings is 2. The normalized spacial score (nSPS) is 16.7. The molecule has 8 heteroatoms. The number of hydrogen-bond donors (Lipinski definition) is 3. The third kappa shape index (κ3) is 4.39. The Bertz CT molecular complexity index is 851. The van der Waals surface area contributed by atoms with Crippen molar-refractivity contribution in [2.75, 3.05) is 15.5 Å². The number of hydrogen-bond acceptors (Lipinski definition) is 3. The molecule has 1 unspecified atom stereocenters. The van der Waals surface area contributed by atoms with Crippen molar-refractivity contribution < 1.29 is 23.1 Å². The van der Waals surface area contributed by atoms with Crippen LogP contribution in [-0.4, -0.2) is 23.4 Å². The number of carbonyl (C=O) groups is 1. The van der Waals surface area contributed by atoms with Gasteiger partial charge in [-0.2, -0.15) is 13.2 Å². The third-order valence-corrected chi connectivity index (χ3v) is 4.63. The van der Waals surface area contributed by atoms with Crippen LogP contribution in [0.15, 0.2) is 42.5 Å². The molecule has 0 radical (unpaired) electrons. The van der Waals surface area contributed by atoms with Gasteiger partial charge in [-0.15, -0.1) is 0 Å². The summed E-state index contributed by atoms with van der Waals surface area (Å²) >= 11 is 0. The number of alkyl halides is 3. The summed E-state index contributed by atoms with van der Waals surface area (Å²) in [4.78, 5) is 14.1. The van der Waals surface area contributed by atoms with E-state index in [-0.39, 0.29) is 11.7 Å². The first-order chi connectivity index (χ1) is 13.1. The summed E-state index contributed by atoms with van der Waals surface area (Å²) in [5, 5.41) is 15.4. The van der Waals surface area contributed by atoms with Crippen LogP contribution in [-0.2, 0) is 12.6 Å². The van der Waals surface area contributed by atoms with Crippen LogP contribution in [0.5, 0.6) is 0 Å². The fourth-order valence-corrected chi connectivity index (χ4v) is 3.36. The van der Waals surface area contributed by atoms with Crippen LogP contribution >= 0.6 is 0 Å². The van der Waals surface area contributed by atoms with Gasteiger partial charge in [0, 0.05) is 23.1 Å². The number of aliphatic hydroxyl groups excluding tert-OH is 1. The van der Waals surface area contributed by atoms with Crippen LogP contribution in [0, 0.1) is 0 Å². The average molecular weight is 393 g/mol. The zero-order chi connectivity index (χ0) is 20.5. The van der Waals surface area contributed by atoms with E-state index in [0.717, 1.165) is 23.4 Å². The molecule has 0 saturated heterocycles. The fourth-order valence-electron chi connectivity index (χ4n) is 3.36. The van der Waals surface area contributed by atoms with Crippen molar-refractivity contribution in [1.82, 2.24) is 0 Å². The molecule has 0 saturated carbocycles.